The summed E-state index contributed by atoms with van der Waals surface area (Å²) in [5.41, 5.74) is 3.98. The van der Waals surface area contributed by atoms with Gasteiger partial charge in [0.15, 0.2) is 0 Å². The molecule has 1 saturated carbocycles. The van der Waals surface area contributed by atoms with E-state index in [1.54, 1.807) is 0 Å². The van der Waals surface area contributed by atoms with E-state index in [-0.39, 0.29) is 17.7 Å². The molecule has 3 rings (SSSR count). The van der Waals surface area contributed by atoms with E-state index in [9.17, 15) is 14.7 Å². The number of nitrogens with one attached hydrogen (secondary N) is 1. The molecule has 1 fully saturated rings. The van der Waals surface area contributed by atoms with E-state index in [2.05, 4.69) is 5.32 Å². The summed E-state index contributed by atoms with van der Waals surface area (Å²) in [6, 6.07) is 7.54. The van der Waals surface area contributed by atoms with Crippen molar-refractivity contribution in [2.45, 2.75) is 20.8 Å². The average molecular weight is 311 g/mol. The normalized spacial score (nSPS) is 28.0. The lowest BCUT2D eigenvalue weighted by atomic mass is 9.82. The first-order chi connectivity index (χ1) is 10.9. The summed E-state index contributed by atoms with van der Waals surface area (Å²) in [6.45, 7) is 5.93. The van der Waals surface area contributed by atoms with Gasteiger partial charge in [0.2, 0.25) is 5.91 Å². The minimum Gasteiger partial charge on any atom is -0.481 e. The number of carbonyl (C=O) groups is 2. The van der Waals surface area contributed by atoms with Crippen LogP contribution in [0.3, 0.4) is 0 Å². The number of aliphatic carboxylic acids is 1. The lowest BCUT2D eigenvalue weighted by Crippen LogP contribution is -2.36. The van der Waals surface area contributed by atoms with Crippen molar-refractivity contribution in [1.29, 1.82) is 0 Å². The molecule has 2 N–H and O–H groups in total. The van der Waals surface area contributed by atoms with Gasteiger partial charge in [-0.2, -0.15) is 0 Å². The zero-order valence-electron chi connectivity index (χ0n) is 13.5. The number of aryl methyl sites for hydroxylation is 1. The molecule has 4 atom stereocenters. The molecule has 4 heteroatoms. The van der Waals surface area contributed by atoms with Crippen LogP contribution < -0.4 is 5.32 Å². The van der Waals surface area contributed by atoms with Crippen LogP contribution in [0.5, 0.6) is 0 Å². The molecule has 1 aromatic carbocycles. The Bertz CT molecular complexity index is 728. The molecular weight excluding hydrogens is 290 g/mol. The Labute approximate surface area is 135 Å². The number of rotatable bonds is 3. The summed E-state index contributed by atoms with van der Waals surface area (Å²) >= 11 is 0. The Morgan fingerprint density at radius 2 is 1.74 bits per heavy atom. The van der Waals surface area contributed by atoms with E-state index in [4.69, 9.17) is 0 Å². The molecule has 2 aliphatic carbocycles. The van der Waals surface area contributed by atoms with Gasteiger partial charge in [-0.1, -0.05) is 35.4 Å². The van der Waals surface area contributed by atoms with Crippen LogP contribution in [0.25, 0.3) is 0 Å². The molecule has 0 heterocycles. The van der Waals surface area contributed by atoms with Crippen molar-refractivity contribution in [1.82, 2.24) is 0 Å². The van der Waals surface area contributed by atoms with Crippen molar-refractivity contribution in [3.05, 3.63) is 53.1 Å². The van der Waals surface area contributed by atoms with Gasteiger partial charge in [0, 0.05) is 17.5 Å². The Kier molecular flexibility index (Phi) is 3.84. The molecule has 2 bridgehead atoms. The molecule has 2 aliphatic rings. The largest absolute Gasteiger partial charge is 0.481 e. The van der Waals surface area contributed by atoms with Crippen molar-refractivity contribution < 1.29 is 14.7 Å². The second kappa shape index (κ2) is 5.69. The quantitative estimate of drug-likeness (QED) is 0.841. The van der Waals surface area contributed by atoms with E-state index >= 15 is 0 Å². The van der Waals surface area contributed by atoms with E-state index in [1.807, 2.05) is 57.2 Å². The third-order valence-corrected chi connectivity index (χ3v) is 4.86. The van der Waals surface area contributed by atoms with Crippen LogP contribution in [0.2, 0.25) is 0 Å². The first kappa shape index (κ1) is 15.5. The number of fused-ring (bicyclic) bond motifs is 2. The van der Waals surface area contributed by atoms with Gasteiger partial charge in [-0.3, -0.25) is 9.59 Å². The van der Waals surface area contributed by atoms with Crippen LogP contribution in [-0.4, -0.2) is 17.0 Å². The fourth-order valence-electron chi connectivity index (χ4n) is 3.99. The van der Waals surface area contributed by atoms with E-state index in [0.29, 0.717) is 5.69 Å². The SMILES string of the molecule is CC(C)=C1[C@H]2C=C[C@H]1[C@@H](C(=O)O)[C@H]2C(=O)Nc1cccc(C)c1. The highest BCUT2D eigenvalue weighted by atomic mass is 16.4. The highest BCUT2D eigenvalue weighted by molar-refractivity contribution is 5.97. The van der Waals surface area contributed by atoms with Crippen molar-refractivity contribution in [2.24, 2.45) is 23.7 Å². The Hall–Kier alpha value is -2.36. The standard InChI is InChI=1S/C19H21NO3/c1-10(2)15-13-7-8-14(15)17(19(22)23)16(13)18(21)20-12-6-4-5-11(3)9-12/h4-9,13-14,16-17H,1-3H3,(H,20,21)(H,22,23)/t13-,14-,16+,17-/m1/s1. The lowest BCUT2D eigenvalue weighted by molar-refractivity contribution is -0.146. The number of amides is 1. The maximum Gasteiger partial charge on any atom is 0.308 e. The van der Waals surface area contributed by atoms with E-state index < -0.39 is 17.8 Å². The maximum atomic E-state index is 12.8. The first-order valence-electron chi connectivity index (χ1n) is 7.86. The molecule has 0 spiro atoms. The first-order valence-corrected chi connectivity index (χ1v) is 7.86. The van der Waals surface area contributed by atoms with E-state index in [1.165, 1.54) is 0 Å². The zero-order chi connectivity index (χ0) is 16.7. The van der Waals surface area contributed by atoms with Crippen LogP contribution in [0.1, 0.15) is 19.4 Å². The van der Waals surface area contributed by atoms with Crippen LogP contribution in [0.15, 0.2) is 47.6 Å². The van der Waals surface area contributed by atoms with Crippen LogP contribution in [0, 0.1) is 30.6 Å². The summed E-state index contributed by atoms with van der Waals surface area (Å²) in [5.74, 6) is -2.59. The molecule has 1 aromatic rings. The molecular formula is C19H21NO3. The highest BCUT2D eigenvalue weighted by Gasteiger charge is 2.54. The number of benzene rings is 1. The number of hydrogen-bond acceptors (Lipinski definition) is 2. The topological polar surface area (TPSA) is 66.4 Å². The molecule has 0 aliphatic heterocycles. The molecule has 0 saturated heterocycles. The number of anilines is 1. The van der Waals surface area contributed by atoms with Gasteiger partial charge in [-0.25, -0.2) is 0 Å². The van der Waals surface area contributed by atoms with Gasteiger partial charge in [0.1, 0.15) is 0 Å². The van der Waals surface area contributed by atoms with Crippen LogP contribution in [0.4, 0.5) is 5.69 Å². The molecule has 0 radical (unpaired) electrons. The van der Waals surface area contributed by atoms with Gasteiger partial charge >= 0.3 is 5.97 Å². The Morgan fingerprint density at radius 1 is 1.09 bits per heavy atom. The lowest BCUT2D eigenvalue weighted by Gasteiger charge is -2.23. The van der Waals surface area contributed by atoms with Gasteiger partial charge in [0.25, 0.3) is 0 Å². The summed E-state index contributed by atoms with van der Waals surface area (Å²) in [7, 11) is 0. The molecule has 1 amide bonds. The third kappa shape index (κ3) is 2.58. The molecule has 0 aromatic heterocycles. The van der Waals surface area contributed by atoms with Crippen LogP contribution >= 0.6 is 0 Å². The Morgan fingerprint density at radius 3 is 2.30 bits per heavy atom. The molecule has 4 nitrogen and oxygen atoms in total. The summed E-state index contributed by atoms with van der Waals surface area (Å²) < 4.78 is 0. The second-order valence-electron chi connectivity index (χ2n) is 6.64. The molecule has 120 valence electrons. The number of carboxylic acids is 1. The zero-order valence-corrected chi connectivity index (χ0v) is 13.5. The monoisotopic (exact) mass is 311 g/mol. The van der Waals surface area contributed by atoms with Crippen LogP contribution in [-0.2, 0) is 9.59 Å². The van der Waals surface area contributed by atoms with Gasteiger partial charge < -0.3 is 10.4 Å². The number of carbonyl (C=O) groups excluding carboxylic acids is 1. The second-order valence-corrected chi connectivity index (χ2v) is 6.64. The number of hydrogen-bond donors (Lipinski definition) is 2. The average Bonchev–Trinajstić information content (AvgIpc) is 3.02. The van der Waals surface area contributed by atoms with E-state index in [0.717, 1.165) is 16.7 Å². The van der Waals surface area contributed by atoms with Gasteiger partial charge in [-0.05, 0) is 38.5 Å². The fourth-order valence-corrected chi connectivity index (χ4v) is 3.99. The van der Waals surface area contributed by atoms with Crippen molar-refractivity contribution in [3.8, 4) is 0 Å². The molecule has 0 unspecified atom stereocenters. The number of allylic oxidation sites excluding steroid dienone is 4. The smallest absolute Gasteiger partial charge is 0.308 e. The molecule has 23 heavy (non-hydrogen) atoms. The Balaban J connectivity index is 1.91. The number of carboxylic acid groups (broad SMARTS) is 1. The minimum absolute atomic E-state index is 0.101. The predicted octanol–water partition coefficient (Wildman–Crippen LogP) is 3.40. The third-order valence-electron chi connectivity index (χ3n) is 4.86. The summed E-state index contributed by atoms with van der Waals surface area (Å²) in [4.78, 5) is 24.5. The van der Waals surface area contributed by atoms with Crippen molar-refractivity contribution >= 4 is 17.6 Å². The maximum absolute atomic E-state index is 12.8. The van der Waals surface area contributed by atoms with Gasteiger partial charge in [-0.15, -0.1) is 0 Å². The fraction of sp³-hybridized carbons (Fsp3) is 0.368. The minimum atomic E-state index is -0.898. The summed E-state index contributed by atoms with van der Waals surface area (Å²) in [5, 5.41) is 12.5. The predicted molar refractivity (Wildman–Crippen MR) is 88.9 cm³/mol. The van der Waals surface area contributed by atoms with Crippen molar-refractivity contribution in [2.75, 3.05) is 5.32 Å². The van der Waals surface area contributed by atoms with Gasteiger partial charge in [0.05, 0.1) is 11.8 Å². The highest BCUT2D eigenvalue weighted by Crippen LogP contribution is 2.53. The summed E-state index contributed by atoms with van der Waals surface area (Å²) in [6.07, 6.45) is 3.94. The van der Waals surface area contributed by atoms with Crippen molar-refractivity contribution in [3.63, 3.8) is 0 Å².